The summed E-state index contributed by atoms with van der Waals surface area (Å²) in [5.74, 6) is 0. The second kappa shape index (κ2) is 4.85. The Morgan fingerprint density at radius 1 is 1.35 bits per heavy atom. The molecule has 1 heterocycles. The molecule has 90 valence electrons. The van der Waals surface area contributed by atoms with Gasteiger partial charge in [0, 0.05) is 18.7 Å². The Balaban J connectivity index is 2.58. The van der Waals surface area contributed by atoms with Gasteiger partial charge in [-0.05, 0) is 19.4 Å². The summed E-state index contributed by atoms with van der Waals surface area (Å²) in [6, 6.07) is 8.26. The van der Waals surface area contributed by atoms with Crippen LogP contribution in [-0.2, 0) is 0 Å². The lowest BCUT2D eigenvalue weighted by atomic mass is 10.0. The van der Waals surface area contributed by atoms with Crippen molar-refractivity contribution in [3.63, 3.8) is 0 Å². The zero-order valence-corrected chi connectivity index (χ0v) is 11.1. The third kappa shape index (κ3) is 2.33. The fraction of sp³-hybridized carbons (Fsp3) is 0.308. The highest BCUT2D eigenvalue weighted by Crippen LogP contribution is 2.35. The number of hydrogen-bond acceptors (Lipinski definition) is 4. The lowest BCUT2D eigenvalue weighted by Crippen LogP contribution is -2.04. The summed E-state index contributed by atoms with van der Waals surface area (Å²) in [4.78, 5) is 5.74. The van der Waals surface area contributed by atoms with Gasteiger partial charge in [-0.15, -0.1) is 0 Å². The van der Waals surface area contributed by atoms with Crippen LogP contribution in [-0.4, -0.2) is 12.0 Å². The minimum atomic E-state index is 0.00389. The second-order valence-corrected chi connectivity index (χ2v) is 5.12. The van der Waals surface area contributed by atoms with Crippen LogP contribution < -0.4 is 11.1 Å². The van der Waals surface area contributed by atoms with Crippen LogP contribution in [0.5, 0.6) is 0 Å². The molecule has 0 bridgehead atoms. The van der Waals surface area contributed by atoms with E-state index in [9.17, 15) is 0 Å². The highest BCUT2D eigenvalue weighted by atomic mass is 32.1. The number of thiazole rings is 1. The molecule has 0 spiro atoms. The predicted molar refractivity (Wildman–Crippen MR) is 74.4 cm³/mol. The lowest BCUT2D eigenvalue weighted by molar-refractivity contribution is 0.837. The van der Waals surface area contributed by atoms with Gasteiger partial charge in [0.25, 0.3) is 0 Å². The van der Waals surface area contributed by atoms with E-state index in [1.165, 1.54) is 5.56 Å². The molecular weight excluding hydrogens is 230 g/mol. The summed E-state index contributed by atoms with van der Waals surface area (Å²) < 4.78 is 0. The van der Waals surface area contributed by atoms with E-state index in [4.69, 9.17) is 5.73 Å². The van der Waals surface area contributed by atoms with Gasteiger partial charge in [0.05, 0.1) is 10.6 Å². The summed E-state index contributed by atoms with van der Waals surface area (Å²) in [7, 11) is 1.88. The first kappa shape index (κ1) is 12.1. The van der Waals surface area contributed by atoms with E-state index < -0.39 is 0 Å². The van der Waals surface area contributed by atoms with Crippen LogP contribution in [0.25, 0.3) is 11.3 Å². The fourth-order valence-electron chi connectivity index (χ4n) is 1.78. The first-order chi connectivity index (χ1) is 8.13. The molecule has 1 aromatic carbocycles. The molecule has 0 amide bonds. The topological polar surface area (TPSA) is 50.9 Å². The summed E-state index contributed by atoms with van der Waals surface area (Å²) in [5.41, 5.74) is 9.41. The van der Waals surface area contributed by atoms with Gasteiger partial charge in [-0.3, -0.25) is 0 Å². The molecule has 17 heavy (non-hydrogen) atoms. The minimum Gasteiger partial charge on any atom is -0.365 e. The molecule has 1 unspecified atom stereocenters. The molecule has 0 aliphatic rings. The summed E-state index contributed by atoms with van der Waals surface area (Å²) in [5, 5.41) is 4.00. The maximum Gasteiger partial charge on any atom is 0.183 e. The third-order valence-corrected chi connectivity index (χ3v) is 3.95. The van der Waals surface area contributed by atoms with E-state index in [0.29, 0.717) is 0 Å². The molecule has 0 saturated heterocycles. The Hall–Kier alpha value is -1.39. The van der Waals surface area contributed by atoms with Crippen molar-refractivity contribution in [3.8, 4) is 11.3 Å². The van der Waals surface area contributed by atoms with Crippen molar-refractivity contribution < 1.29 is 0 Å². The van der Waals surface area contributed by atoms with Gasteiger partial charge in [0.15, 0.2) is 5.13 Å². The minimum absolute atomic E-state index is 0.00389. The number of hydrogen-bond donors (Lipinski definition) is 2. The predicted octanol–water partition coefficient (Wildman–Crippen LogP) is 3.18. The fourth-order valence-corrected chi connectivity index (χ4v) is 2.66. The molecule has 4 heteroatoms. The molecule has 2 aromatic rings. The SMILES string of the molecule is CNc1nc(-c2ccccc2C)c(C(C)N)s1. The van der Waals surface area contributed by atoms with Crippen LogP contribution in [0, 0.1) is 6.92 Å². The molecule has 3 nitrogen and oxygen atoms in total. The Kier molecular flexibility index (Phi) is 3.45. The van der Waals surface area contributed by atoms with E-state index in [-0.39, 0.29) is 6.04 Å². The van der Waals surface area contributed by atoms with Gasteiger partial charge in [-0.25, -0.2) is 4.98 Å². The number of benzene rings is 1. The number of aryl methyl sites for hydroxylation is 1. The van der Waals surface area contributed by atoms with E-state index in [1.807, 2.05) is 26.1 Å². The Morgan fingerprint density at radius 3 is 2.65 bits per heavy atom. The first-order valence-corrected chi connectivity index (χ1v) is 6.45. The standard InChI is InChI=1S/C13H17N3S/c1-8-6-4-5-7-10(8)11-12(9(2)14)17-13(15-3)16-11/h4-7,9H,14H2,1-3H3,(H,15,16). The number of rotatable bonds is 3. The monoisotopic (exact) mass is 247 g/mol. The quantitative estimate of drug-likeness (QED) is 0.876. The van der Waals surface area contributed by atoms with Crippen LogP contribution in [0.2, 0.25) is 0 Å². The molecule has 0 aliphatic carbocycles. The van der Waals surface area contributed by atoms with Crippen molar-refractivity contribution in [2.75, 3.05) is 12.4 Å². The molecule has 2 rings (SSSR count). The van der Waals surface area contributed by atoms with Gasteiger partial charge in [-0.1, -0.05) is 35.6 Å². The largest absolute Gasteiger partial charge is 0.365 e. The first-order valence-electron chi connectivity index (χ1n) is 5.63. The molecule has 0 fully saturated rings. The highest BCUT2D eigenvalue weighted by molar-refractivity contribution is 7.16. The van der Waals surface area contributed by atoms with Gasteiger partial charge >= 0.3 is 0 Å². The van der Waals surface area contributed by atoms with Crippen molar-refractivity contribution in [2.45, 2.75) is 19.9 Å². The van der Waals surface area contributed by atoms with Gasteiger partial charge in [0.2, 0.25) is 0 Å². The lowest BCUT2D eigenvalue weighted by Gasteiger charge is -2.07. The summed E-state index contributed by atoms with van der Waals surface area (Å²) in [6.07, 6.45) is 0. The third-order valence-electron chi connectivity index (χ3n) is 2.68. The number of nitrogens with one attached hydrogen (secondary N) is 1. The normalized spacial score (nSPS) is 12.5. The molecule has 1 atom stereocenters. The van der Waals surface area contributed by atoms with Crippen molar-refractivity contribution in [2.24, 2.45) is 5.73 Å². The van der Waals surface area contributed by atoms with E-state index >= 15 is 0 Å². The molecule has 0 radical (unpaired) electrons. The Bertz CT molecular complexity index is 517. The highest BCUT2D eigenvalue weighted by Gasteiger charge is 2.16. The van der Waals surface area contributed by atoms with Crippen molar-refractivity contribution in [3.05, 3.63) is 34.7 Å². The number of nitrogens with two attached hydrogens (primary N) is 1. The van der Waals surface area contributed by atoms with Crippen LogP contribution in [0.3, 0.4) is 0 Å². The molecule has 0 aliphatic heterocycles. The van der Waals surface area contributed by atoms with Gasteiger partial charge < -0.3 is 11.1 Å². The van der Waals surface area contributed by atoms with Crippen LogP contribution in [0.15, 0.2) is 24.3 Å². The smallest absolute Gasteiger partial charge is 0.183 e. The molecule has 3 N–H and O–H groups in total. The molecule has 1 aromatic heterocycles. The van der Waals surface area contributed by atoms with Gasteiger partial charge in [0.1, 0.15) is 0 Å². The number of aromatic nitrogens is 1. The van der Waals surface area contributed by atoms with Crippen LogP contribution in [0.1, 0.15) is 23.4 Å². The average molecular weight is 247 g/mol. The van der Waals surface area contributed by atoms with Crippen molar-refractivity contribution >= 4 is 16.5 Å². The molecule has 0 saturated carbocycles. The van der Waals surface area contributed by atoms with Crippen molar-refractivity contribution in [1.82, 2.24) is 4.98 Å². The van der Waals surface area contributed by atoms with Crippen molar-refractivity contribution in [1.29, 1.82) is 0 Å². The zero-order chi connectivity index (χ0) is 12.4. The van der Waals surface area contributed by atoms with Gasteiger partial charge in [-0.2, -0.15) is 0 Å². The summed E-state index contributed by atoms with van der Waals surface area (Å²) in [6.45, 7) is 4.09. The maximum atomic E-state index is 6.01. The zero-order valence-electron chi connectivity index (χ0n) is 10.3. The van der Waals surface area contributed by atoms with E-state index in [1.54, 1.807) is 11.3 Å². The molecular formula is C13H17N3S. The number of nitrogens with zero attached hydrogens (tertiary/aromatic N) is 1. The average Bonchev–Trinajstić information content (AvgIpc) is 2.73. The van der Waals surface area contributed by atoms with E-state index in [2.05, 4.69) is 29.4 Å². The summed E-state index contributed by atoms with van der Waals surface area (Å²) >= 11 is 1.62. The van der Waals surface area contributed by atoms with E-state index in [0.717, 1.165) is 21.3 Å². The maximum absolute atomic E-state index is 6.01. The second-order valence-electron chi connectivity index (χ2n) is 4.09. The Labute approximate surface area is 106 Å². The van der Waals surface area contributed by atoms with Crippen LogP contribution in [0.4, 0.5) is 5.13 Å². The van der Waals surface area contributed by atoms with Crippen LogP contribution >= 0.6 is 11.3 Å². The Morgan fingerprint density at radius 2 is 2.06 bits per heavy atom. The number of anilines is 1.